The molecule has 1 unspecified atom stereocenters. The van der Waals surface area contributed by atoms with Crippen molar-refractivity contribution in [3.8, 4) is 0 Å². The van der Waals surface area contributed by atoms with Gasteiger partial charge in [0.1, 0.15) is 6.04 Å². The van der Waals surface area contributed by atoms with Gasteiger partial charge in [-0.05, 0) is 60.6 Å². The van der Waals surface area contributed by atoms with E-state index in [0.29, 0.717) is 34.5 Å². The van der Waals surface area contributed by atoms with Crippen LogP contribution in [-0.4, -0.2) is 34.4 Å². The standard InChI is InChI=1S/C25H22ClN3O2S/c26-19-11-13-21(14-12-19)29-24(31)22(17-23(30)27-20-9-5-2-6-10-20)28(25(29)32)16-15-18-7-3-1-4-8-18/h1-14,22H,15-17H2,(H,27,30). The maximum absolute atomic E-state index is 13.4. The zero-order chi connectivity index (χ0) is 22.5. The van der Waals surface area contributed by atoms with E-state index in [2.05, 4.69) is 5.32 Å². The predicted octanol–water partition coefficient (Wildman–Crippen LogP) is 4.91. The van der Waals surface area contributed by atoms with E-state index in [0.717, 1.165) is 5.56 Å². The summed E-state index contributed by atoms with van der Waals surface area (Å²) in [7, 11) is 0. The van der Waals surface area contributed by atoms with Crippen molar-refractivity contribution in [3.63, 3.8) is 0 Å². The zero-order valence-electron chi connectivity index (χ0n) is 17.3. The Bertz CT molecular complexity index is 1110. The largest absolute Gasteiger partial charge is 0.336 e. The van der Waals surface area contributed by atoms with Crippen LogP contribution in [0.3, 0.4) is 0 Å². The second-order valence-corrected chi connectivity index (χ2v) is 8.30. The van der Waals surface area contributed by atoms with Crippen LogP contribution >= 0.6 is 23.8 Å². The lowest BCUT2D eigenvalue weighted by Crippen LogP contribution is -2.39. The topological polar surface area (TPSA) is 52.7 Å². The number of thiocarbonyl (C=S) groups is 1. The van der Waals surface area contributed by atoms with Crippen molar-refractivity contribution in [1.82, 2.24) is 4.90 Å². The van der Waals surface area contributed by atoms with Crippen LogP contribution < -0.4 is 10.2 Å². The molecule has 3 aromatic carbocycles. The molecular formula is C25H22ClN3O2S. The summed E-state index contributed by atoms with van der Waals surface area (Å²) in [4.78, 5) is 29.5. The van der Waals surface area contributed by atoms with E-state index >= 15 is 0 Å². The second-order valence-electron chi connectivity index (χ2n) is 7.50. The first kappa shape index (κ1) is 22.0. The molecule has 162 valence electrons. The fraction of sp³-hybridized carbons (Fsp3) is 0.160. The molecule has 3 aromatic rings. The smallest absolute Gasteiger partial charge is 0.256 e. The van der Waals surface area contributed by atoms with Crippen LogP contribution in [0.4, 0.5) is 11.4 Å². The molecule has 1 saturated heterocycles. The van der Waals surface area contributed by atoms with Crippen LogP contribution in [0, 0.1) is 0 Å². The van der Waals surface area contributed by atoms with Gasteiger partial charge in [0.15, 0.2) is 5.11 Å². The van der Waals surface area contributed by atoms with Gasteiger partial charge in [-0.1, -0.05) is 60.1 Å². The molecule has 0 saturated carbocycles. The van der Waals surface area contributed by atoms with Crippen molar-refractivity contribution in [1.29, 1.82) is 0 Å². The van der Waals surface area contributed by atoms with Crippen LogP contribution in [0.15, 0.2) is 84.9 Å². The van der Waals surface area contributed by atoms with Crippen LogP contribution in [0.1, 0.15) is 12.0 Å². The number of amides is 2. The fourth-order valence-corrected chi connectivity index (χ4v) is 4.26. The molecule has 1 atom stereocenters. The Morgan fingerprint density at radius 2 is 1.56 bits per heavy atom. The quantitative estimate of drug-likeness (QED) is 0.505. The molecule has 0 aliphatic carbocycles. The number of rotatable bonds is 7. The summed E-state index contributed by atoms with van der Waals surface area (Å²) >= 11 is 11.7. The third-order valence-electron chi connectivity index (χ3n) is 5.32. The molecule has 1 N–H and O–H groups in total. The molecule has 0 radical (unpaired) electrons. The summed E-state index contributed by atoms with van der Waals surface area (Å²) in [5.41, 5.74) is 2.47. The van der Waals surface area contributed by atoms with Crippen molar-refractivity contribution >= 4 is 52.1 Å². The number of hydrogen-bond donors (Lipinski definition) is 1. The highest BCUT2D eigenvalue weighted by Gasteiger charge is 2.43. The van der Waals surface area contributed by atoms with Crippen LogP contribution in [0.25, 0.3) is 0 Å². The molecule has 32 heavy (non-hydrogen) atoms. The molecule has 0 bridgehead atoms. The van der Waals surface area contributed by atoms with E-state index in [9.17, 15) is 9.59 Å². The maximum atomic E-state index is 13.4. The molecular weight excluding hydrogens is 442 g/mol. The van der Waals surface area contributed by atoms with Crippen LogP contribution in [-0.2, 0) is 16.0 Å². The summed E-state index contributed by atoms with van der Waals surface area (Å²) in [6, 6.07) is 25.5. The molecule has 5 nitrogen and oxygen atoms in total. The molecule has 1 aliphatic heterocycles. The third-order valence-corrected chi connectivity index (χ3v) is 5.99. The average molecular weight is 464 g/mol. The summed E-state index contributed by atoms with van der Waals surface area (Å²) in [5.74, 6) is -0.450. The van der Waals surface area contributed by atoms with Gasteiger partial charge in [-0.15, -0.1) is 0 Å². The minimum Gasteiger partial charge on any atom is -0.336 e. The highest BCUT2D eigenvalue weighted by atomic mass is 35.5. The lowest BCUT2D eigenvalue weighted by Gasteiger charge is -2.24. The Morgan fingerprint density at radius 3 is 2.22 bits per heavy atom. The SMILES string of the molecule is O=C(CC1C(=O)N(c2ccc(Cl)cc2)C(=S)N1CCc1ccccc1)Nc1ccccc1. The number of benzene rings is 3. The minimum atomic E-state index is -0.675. The fourth-order valence-electron chi connectivity index (χ4n) is 3.72. The lowest BCUT2D eigenvalue weighted by atomic mass is 10.1. The first-order valence-corrected chi connectivity index (χ1v) is 11.1. The van der Waals surface area contributed by atoms with Gasteiger partial charge in [0.2, 0.25) is 5.91 Å². The lowest BCUT2D eigenvalue weighted by molar-refractivity contribution is -0.124. The number of para-hydroxylation sites is 1. The Balaban J connectivity index is 1.56. The third kappa shape index (κ3) is 4.98. The highest BCUT2D eigenvalue weighted by Crippen LogP contribution is 2.28. The van der Waals surface area contributed by atoms with Gasteiger partial charge in [-0.25, -0.2) is 0 Å². The van der Waals surface area contributed by atoms with Crippen LogP contribution in [0.2, 0.25) is 5.02 Å². The van der Waals surface area contributed by atoms with Crippen molar-refractivity contribution in [2.24, 2.45) is 0 Å². The monoisotopic (exact) mass is 463 g/mol. The Kier molecular flexibility index (Phi) is 6.83. The first-order chi connectivity index (χ1) is 15.5. The van der Waals surface area contributed by atoms with E-state index in [1.807, 2.05) is 65.6 Å². The molecule has 0 spiro atoms. The van der Waals surface area contributed by atoms with Crippen molar-refractivity contribution in [2.45, 2.75) is 18.9 Å². The Hall–Kier alpha value is -3.22. The zero-order valence-corrected chi connectivity index (χ0v) is 18.9. The summed E-state index contributed by atoms with van der Waals surface area (Å²) < 4.78 is 0. The Morgan fingerprint density at radius 1 is 0.938 bits per heavy atom. The number of halogens is 1. The van der Waals surface area contributed by atoms with Gasteiger partial charge in [0, 0.05) is 17.3 Å². The number of hydrogen-bond acceptors (Lipinski definition) is 3. The number of anilines is 2. The normalized spacial score (nSPS) is 15.8. The number of nitrogens with one attached hydrogen (secondary N) is 1. The summed E-state index contributed by atoms with van der Waals surface area (Å²) in [6.07, 6.45) is 0.715. The van der Waals surface area contributed by atoms with Crippen molar-refractivity contribution in [2.75, 3.05) is 16.8 Å². The second kappa shape index (κ2) is 9.94. The number of nitrogens with zero attached hydrogens (tertiary/aromatic N) is 2. The van der Waals surface area contributed by atoms with Gasteiger partial charge >= 0.3 is 0 Å². The van der Waals surface area contributed by atoms with E-state index in [1.54, 1.807) is 24.3 Å². The maximum Gasteiger partial charge on any atom is 0.256 e. The molecule has 1 fully saturated rings. The predicted molar refractivity (Wildman–Crippen MR) is 132 cm³/mol. The molecule has 2 amide bonds. The molecule has 1 heterocycles. The summed E-state index contributed by atoms with van der Waals surface area (Å²) in [5, 5.41) is 3.83. The average Bonchev–Trinajstić information content (AvgIpc) is 3.03. The Labute approximate surface area is 197 Å². The van der Waals surface area contributed by atoms with E-state index < -0.39 is 6.04 Å². The first-order valence-electron chi connectivity index (χ1n) is 10.3. The summed E-state index contributed by atoms with van der Waals surface area (Å²) in [6.45, 7) is 0.530. The van der Waals surface area contributed by atoms with Gasteiger partial charge in [-0.2, -0.15) is 0 Å². The highest BCUT2D eigenvalue weighted by molar-refractivity contribution is 7.80. The van der Waals surface area contributed by atoms with Gasteiger partial charge in [-0.3, -0.25) is 14.5 Å². The van der Waals surface area contributed by atoms with E-state index in [-0.39, 0.29) is 18.2 Å². The van der Waals surface area contributed by atoms with Gasteiger partial charge in [0.25, 0.3) is 5.91 Å². The van der Waals surface area contributed by atoms with Crippen LogP contribution in [0.5, 0.6) is 0 Å². The van der Waals surface area contributed by atoms with Crippen molar-refractivity contribution in [3.05, 3.63) is 95.5 Å². The minimum absolute atomic E-state index is 0.00669. The molecule has 7 heteroatoms. The van der Waals surface area contributed by atoms with Gasteiger partial charge in [0.05, 0.1) is 12.1 Å². The number of carbonyl (C=O) groups excluding carboxylic acids is 2. The van der Waals surface area contributed by atoms with E-state index in [1.165, 1.54) is 4.90 Å². The number of carbonyl (C=O) groups is 2. The molecule has 0 aromatic heterocycles. The molecule has 4 rings (SSSR count). The van der Waals surface area contributed by atoms with Crippen molar-refractivity contribution < 1.29 is 9.59 Å². The molecule has 1 aliphatic rings. The van der Waals surface area contributed by atoms with E-state index in [4.69, 9.17) is 23.8 Å². The van der Waals surface area contributed by atoms with Gasteiger partial charge < -0.3 is 10.2 Å².